The highest BCUT2D eigenvalue weighted by Gasteiger charge is 2.45. The van der Waals surface area contributed by atoms with Gasteiger partial charge >= 0.3 is 5.97 Å². The van der Waals surface area contributed by atoms with Crippen molar-refractivity contribution in [3.63, 3.8) is 0 Å². The molecule has 2 amide bonds. The van der Waals surface area contributed by atoms with Crippen molar-refractivity contribution in [1.82, 2.24) is 4.90 Å². The maximum Gasteiger partial charge on any atom is 0.307 e. The summed E-state index contributed by atoms with van der Waals surface area (Å²) in [7, 11) is 0. The second-order valence-electron chi connectivity index (χ2n) is 7.75. The summed E-state index contributed by atoms with van der Waals surface area (Å²) in [6.07, 6.45) is 2.37. The molecule has 0 bridgehead atoms. The van der Waals surface area contributed by atoms with Gasteiger partial charge in [0.2, 0.25) is 0 Å². The van der Waals surface area contributed by atoms with Gasteiger partial charge in [0.25, 0.3) is 11.8 Å². The van der Waals surface area contributed by atoms with Gasteiger partial charge in [0.1, 0.15) is 0 Å². The highest BCUT2D eigenvalue weighted by atomic mass is 79.9. The van der Waals surface area contributed by atoms with E-state index in [2.05, 4.69) is 28.1 Å². The van der Waals surface area contributed by atoms with E-state index in [1.165, 1.54) is 10.5 Å². The van der Waals surface area contributed by atoms with Crippen LogP contribution in [0.3, 0.4) is 0 Å². The quantitative estimate of drug-likeness (QED) is 0.581. The van der Waals surface area contributed by atoms with Crippen molar-refractivity contribution in [1.29, 1.82) is 0 Å². The summed E-state index contributed by atoms with van der Waals surface area (Å²) in [4.78, 5) is 38.6. The Kier molecular flexibility index (Phi) is 6.29. The number of carbonyl (C=O) groups is 3. The van der Waals surface area contributed by atoms with E-state index < -0.39 is 11.9 Å². The Morgan fingerprint density at radius 2 is 1.67 bits per heavy atom. The van der Waals surface area contributed by atoms with E-state index in [0.29, 0.717) is 17.5 Å². The molecule has 0 unspecified atom stereocenters. The van der Waals surface area contributed by atoms with Crippen LogP contribution in [0.4, 0.5) is 0 Å². The smallest absolute Gasteiger partial charge is 0.307 e. The average molecular weight is 488 g/mol. The zero-order chi connectivity index (χ0) is 21.3. The van der Waals surface area contributed by atoms with Crippen molar-refractivity contribution < 1.29 is 19.5 Å². The summed E-state index contributed by atoms with van der Waals surface area (Å²) in [6, 6.07) is 14.9. The zero-order valence-corrected chi connectivity index (χ0v) is 18.7. The van der Waals surface area contributed by atoms with Crippen LogP contribution in [0.25, 0.3) is 0 Å². The van der Waals surface area contributed by atoms with E-state index in [0.717, 1.165) is 23.1 Å². The normalized spacial score (nSPS) is 23.1. The van der Waals surface area contributed by atoms with Gasteiger partial charge in [0.15, 0.2) is 0 Å². The zero-order valence-electron chi connectivity index (χ0n) is 16.3. The third-order valence-electron chi connectivity index (χ3n) is 5.95. The monoisotopic (exact) mass is 487 g/mol. The first kappa shape index (κ1) is 21.1. The van der Waals surface area contributed by atoms with Crippen molar-refractivity contribution >= 4 is 45.5 Å². The molecule has 1 aliphatic carbocycles. The van der Waals surface area contributed by atoms with E-state index in [9.17, 15) is 19.5 Å². The number of imide groups is 1. The molecule has 1 aliphatic heterocycles. The summed E-state index contributed by atoms with van der Waals surface area (Å²) >= 11 is 5.12. The first-order valence-electron chi connectivity index (χ1n) is 10.00. The summed E-state index contributed by atoms with van der Waals surface area (Å²) < 4.78 is 1.04. The lowest BCUT2D eigenvalue weighted by Gasteiger charge is -2.24. The number of carboxylic acids is 1. The number of aryl methyl sites for hydroxylation is 1. The van der Waals surface area contributed by atoms with Crippen molar-refractivity contribution in [2.24, 2.45) is 11.8 Å². The molecule has 5 nitrogen and oxygen atoms in total. The van der Waals surface area contributed by atoms with Crippen molar-refractivity contribution in [2.75, 3.05) is 12.3 Å². The van der Waals surface area contributed by atoms with Crippen LogP contribution in [0.2, 0.25) is 0 Å². The Morgan fingerprint density at radius 3 is 2.27 bits per heavy atom. The Balaban J connectivity index is 1.39. The predicted molar refractivity (Wildman–Crippen MR) is 120 cm³/mol. The van der Waals surface area contributed by atoms with E-state index in [1.807, 2.05) is 12.1 Å². The number of carbonyl (C=O) groups excluding carboxylic acids is 2. The number of benzene rings is 2. The van der Waals surface area contributed by atoms with Crippen LogP contribution in [0.5, 0.6) is 0 Å². The highest BCUT2D eigenvalue weighted by molar-refractivity contribution is 9.10. The van der Waals surface area contributed by atoms with E-state index in [1.54, 1.807) is 36.0 Å². The predicted octanol–water partition coefficient (Wildman–Crippen LogP) is 4.50. The lowest BCUT2D eigenvalue weighted by molar-refractivity contribution is -0.142. The van der Waals surface area contributed by atoms with Gasteiger partial charge in [-0.1, -0.05) is 40.2 Å². The highest BCUT2D eigenvalue weighted by Crippen LogP contribution is 2.41. The average Bonchev–Trinajstić information content (AvgIpc) is 3.24. The molecule has 1 saturated carbocycles. The molecule has 2 aliphatic rings. The fourth-order valence-corrected chi connectivity index (χ4v) is 6.18. The number of amides is 2. The largest absolute Gasteiger partial charge is 0.481 e. The molecule has 0 aromatic heterocycles. The van der Waals surface area contributed by atoms with Crippen molar-refractivity contribution in [3.05, 3.63) is 69.7 Å². The minimum Gasteiger partial charge on any atom is -0.481 e. The van der Waals surface area contributed by atoms with Crippen molar-refractivity contribution in [2.45, 2.75) is 24.5 Å². The van der Waals surface area contributed by atoms with Crippen LogP contribution in [0.1, 0.15) is 39.1 Å². The van der Waals surface area contributed by atoms with Crippen LogP contribution >= 0.6 is 27.7 Å². The molecule has 7 heteroatoms. The number of thioether (sulfide) groups is 1. The Bertz CT molecular complexity index is 942. The Hall–Kier alpha value is -2.12. The molecule has 0 saturated heterocycles. The third-order valence-corrected chi connectivity index (χ3v) is 7.87. The standard InChI is InChI=1S/C23H22BrNO4S/c24-16-8-5-14(6-9-16)11-12-30-19-10-7-15(20(19)23(28)29)13-25-21(26)17-3-1-2-4-18(17)22(25)27/h1-6,8-9,15,19-20H,7,10-13H2,(H,28,29)/t15-,19-,20-/m0/s1. The molecule has 2 aromatic carbocycles. The number of carboxylic acid groups (broad SMARTS) is 1. The number of aliphatic carboxylic acids is 1. The van der Waals surface area contributed by atoms with Crippen LogP contribution < -0.4 is 0 Å². The molecule has 0 radical (unpaired) electrons. The number of hydrogen-bond donors (Lipinski definition) is 1. The molecule has 156 valence electrons. The molecular formula is C23H22BrNO4S. The van der Waals surface area contributed by atoms with Gasteiger partial charge < -0.3 is 5.11 Å². The lowest BCUT2D eigenvalue weighted by atomic mass is 9.95. The fraction of sp³-hybridized carbons (Fsp3) is 0.348. The van der Waals surface area contributed by atoms with E-state index >= 15 is 0 Å². The molecular weight excluding hydrogens is 466 g/mol. The number of halogens is 1. The van der Waals surface area contributed by atoms with Gasteiger partial charge in [-0.2, -0.15) is 11.8 Å². The first-order chi connectivity index (χ1) is 14.5. The maximum absolute atomic E-state index is 12.7. The number of nitrogens with zero attached hydrogens (tertiary/aromatic N) is 1. The summed E-state index contributed by atoms with van der Waals surface area (Å²) in [5.41, 5.74) is 2.04. The van der Waals surface area contributed by atoms with Crippen LogP contribution in [0.15, 0.2) is 53.0 Å². The summed E-state index contributed by atoms with van der Waals surface area (Å²) in [5.74, 6) is -1.39. The molecule has 4 rings (SSSR count). The van der Waals surface area contributed by atoms with Gasteiger partial charge in [-0.25, -0.2) is 0 Å². The minimum absolute atomic E-state index is 0.00173. The topological polar surface area (TPSA) is 74.7 Å². The molecule has 1 heterocycles. The lowest BCUT2D eigenvalue weighted by Crippen LogP contribution is -2.38. The Morgan fingerprint density at radius 1 is 1.03 bits per heavy atom. The third kappa shape index (κ3) is 4.18. The van der Waals surface area contributed by atoms with Gasteiger partial charge in [-0.15, -0.1) is 0 Å². The molecule has 30 heavy (non-hydrogen) atoms. The molecule has 1 N–H and O–H groups in total. The molecule has 2 aromatic rings. The number of rotatable bonds is 7. The first-order valence-corrected chi connectivity index (χ1v) is 11.8. The van der Waals surface area contributed by atoms with Gasteiger partial charge in [0, 0.05) is 16.3 Å². The van der Waals surface area contributed by atoms with E-state index in [4.69, 9.17) is 0 Å². The van der Waals surface area contributed by atoms with Crippen LogP contribution in [0, 0.1) is 11.8 Å². The maximum atomic E-state index is 12.7. The van der Waals surface area contributed by atoms with Gasteiger partial charge in [-0.3, -0.25) is 19.3 Å². The second kappa shape index (κ2) is 8.94. The Labute approximate surface area is 188 Å². The number of hydrogen-bond acceptors (Lipinski definition) is 4. The second-order valence-corrected chi connectivity index (χ2v) is 10.0. The number of fused-ring (bicyclic) bond motifs is 1. The van der Waals surface area contributed by atoms with Gasteiger partial charge in [-0.05, 0) is 60.8 Å². The summed E-state index contributed by atoms with van der Waals surface area (Å²) in [6.45, 7) is 0.174. The van der Waals surface area contributed by atoms with Crippen molar-refractivity contribution in [3.8, 4) is 0 Å². The SMILES string of the molecule is O=C(O)[C@H]1[C@H](CN2C(=O)c3ccccc3C2=O)CC[C@@H]1SCCc1ccc(Br)cc1. The van der Waals surface area contributed by atoms with Crippen LogP contribution in [-0.2, 0) is 11.2 Å². The molecule has 3 atom stereocenters. The molecule has 1 fully saturated rings. The van der Waals surface area contributed by atoms with E-state index in [-0.39, 0.29) is 29.5 Å². The van der Waals surface area contributed by atoms with Gasteiger partial charge in [0.05, 0.1) is 17.0 Å². The molecule has 0 spiro atoms. The fourth-order valence-electron chi connectivity index (χ4n) is 4.41. The van der Waals surface area contributed by atoms with Crippen LogP contribution in [-0.4, -0.2) is 45.3 Å². The minimum atomic E-state index is -0.838. The summed E-state index contributed by atoms with van der Waals surface area (Å²) in [5, 5.41) is 9.87.